The van der Waals surface area contributed by atoms with Crippen LogP contribution in [-0.4, -0.2) is 42.8 Å². The minimum absolute atomic E-state index is 0.171. The van der Waals surface area contributed by atoms with E-state index in [0.29, 0.717) is 17.6 Å². The zero-order valence-electron chi connectivity index (χ0n) is 14.7. The van der Waals surface area contributed by atoms with E-state index in [2.05, 4.69) is 32.7 Å². The molecular weight excluding hydrogens is 260 g/mol. The molecule has 2 unspecified atom stereocenters. The summed E-state index contributed by atoms with van der Waals surface area (Å²) in [7, 11) is 2.32. The molecule has 2 aliphatic rings. The molecule has 2 N–H and O–H groups in total. The molecule has 3 nitrogen and oxygen atoms in total. The third-order valence-electron chi connectivity index (χ3n) is 6.12. The summed E-state index contributed by atoms with van der Waals surface area (Å²) in [6.07, 6.45) is 10.3. The van der Waals surface area contributed by atoms with Crippen LogP contribution in [0.2, 0.25) is 0 Å². The van der Waals surface area contributed by atoms with E-state index in [4.69, 9.17) is 10.5 Å². The number of rotatable bonds is 5. The van der Waals surface area contributed by atoms with Crippen LogP contribution in [-0.2, 0) is 4.74 Å². The second kappa shape index (κ2) is 6.97. The van der Waals surface area contributed by atoms with Gasteiger partial charge in [-0.2, -0.15) is 0 Å². The third kappa shape index (κ3) is 4.00. The predicted octanol–water partition coefficient (Wildman–Crippen LogP) is 3.56. The SMILES string of the molecule is CCCC1CC(CN)(N(C)C2CCC(C)(C)CC2)CCO1. The molecule has 0 amide bonds. The van der Waals surface area contributed by atoms with E-state index in [1.54, 1.807) is 0 Å². The van der Waals surface area contributed by atoms with Crippen molar-refractivity contribution in [1.29, 1.82) is 0 Å². The van der Waals surface area contributed by atoms with Crippen LogP contribution in [0.25, 0.3) is 0 Å². The number of nitrogens with two attached hydrogens (primary N) is 1. The highest BCUT2D eigenvalue weighted by Gasteiger charge is 2.42. The molecule has 0 aromatic rings. The Balaban J connectivity index is 2.02. The number of ether oxygens (including phenoxy) is 1. The standard InChI is InChI=1S/C18H36N2O/c1-5-6-16-13-18(14-19,11-12-21-16)20(4)15-7-9-17(2,3)10-8-15/h15-16H,5-14,19H2,1-4H3. The van der Waals surface area contributed by atoms with Crippen molar-refractivity contribution in [3.8, 4) is 0 Å². The Hall–Kier alpha value is -0.120. The van der Waals surface area contributed by atoms with E-state index in [9.17, 15) is 0 Å². The van der Waals surface area contributed by atoms with Crippen molar-refractivity contribution in [2.24, 2.45) is 11.1 Å². The maximum atomic E-state index is 6.26. The van der Waals surface area contributed by atoms with Gasteiger partial charge < -0.3 is 10.5 Å². The maximum absolute atomic E-state index is 6.26. The summed E-state index contributed by atoms with van der Waals surface area (Å²) in [6, 6.07) is 0.710. The van der Waals surface area contributed by atoms with Gasteiger partial charge in [0.25, 0.3) is 0 Å². The van der Waals surface area contributed by atoms with Crippen molar-refractivity contribution < 1.29 is 4.74 Å². The van der Waals surface area contributed by atoms with E-state index < -0.39 is 0 Å². The Morgan fingerprint density at radius 1 is 1.19 bits per heavy atom. The summed E-state index contributed by atoms with van der Waals surface area (Å²) in [5.41, 5.74) is 6.97. The molecule has 1 saturated heterocycles. The van der Waals surface area contributed by atoms with Crippen molar-refractivity contribution in [2.75, 3.05) is 20.2 Å². The third-order valence-corrected chi connectivity index (χ3v) is 6.12. The van der Waals surface area contributed by atoms with Crippen LogP contribution >= 0.6 is 0 Å². The van der Waals surface area contributed by atoms with E-state index in [-0.39, 0.29) is 5.54 Å². The quantitative estimate of drug-likeness (QED) is 0.843. The fourth-order valence-corrected chi connectivity index (χ4v) is 4.32. The Bertz CT molecular complexity index is 319. The molecule has 0 radical (unpaired) electrons. The maximum Gasteiger partial charge on any atom is 0.0593 e. The average molecular weight is 296 g/mol. The summed E-state index contributed by atoms with van der Waals surface area (Å²) in [5.74, 6) is 0. The van der Waals surface area contributed by atoms with Crippen molar-refractivity contribution in [3.63, 3.8) is 0 Å². The first kappa shape index (κ1) is 17.2. The Morgan fingerprint density at radius 2 is 1.86 bits per heavy atom. The molecule has 0 bridgehead atoms. The van der Waals surface area contributed by atoms with Gasteiger partial charge in [0.1, 0.15) is 0 Å². The second-order valence-electron chi connectivity index (χ2n) is 8.17. The Morgan fingerprint density at radius 3 is 2.43 bits per heavy atom. The Kier molecular flexibility index (Phi) is 5.72. The molecule has 0 aromatic carbocycles. The topological polar surface area (TPSA) is 38.5 Å². The van der Waals surface area contributed by atoms with E-state index in [0.717, 1.165) is 26.0 Å². The summed E-state index contributed by atoms with van der Waals surface area (Å²) in [6.45, 7) is 8.72. The zero-order chi connectivity index (χ0) is 15.5. The van der Waals surface area contributed by atoms with Gasteiger partial charge in [-0.3, -0.25) is 4.90 Å². The number of hydrogen-bond donors (Lipinski definition) is 1. The first-order valence-electron chi connectivity index (χ1n) is 8.97. The minimum Gasteiger partial charge on any atom is -0.378 e. The van der Waals surface area contributed by atoms with Crippen molar-refractivity contribution in [2.45, 2.75) is 89.8 Å². The molecule has 1 heterocycles. The largest absolute Gasteiger partial charge is 0.378 e. The van der Waals surface area contributed by atoms with Gasteiger partial charge in [0.05, 0.1) is 6.10 Å². The molecule has 3 heteroatoms. The highest BCUT2D eigenvalue weighted by atomic mass is 16.5. The predicted molar refractivity (Wildman–Crippen MR) is 89.5 cm³/mol. The summed E-state index contributed by atoms with van der Waals surface area (Å²) in [4.78, 5) is 2.65. The zero-order valence-corrected chi connectivity index (χ0v) is 14.7. The highest BCUT2D eigenvalue weighted by Crippen LogP contribution is 2.40. The van der Waals surface area contributed by atoms with Crippen LogP contribution in [0.1, 0.15) is 72.1 Å². The highest BCUT2D eigenvalue weighted by molar-refractivity contribution is 4.98. The Labute approximate surface area is 131 Å². The van der Waals surface area contributed by atoms with Gasteiger partial charge in [0, 0.05) is 24.7 Å². The van der Waals surface area contributed by atoms with Crippen LogP contribution < -0.4 is 5.73 Å². The van der Waals surface area contributed by atoms with Crippen molar-refractivity contribution >= 4 is 0 Å². The van der Waals surface area contributed by atoms with Crippen LogP contribution in [0.5, 0.6) is 0 Å². The molecule has 1 aliphatic heterocycles. The van der Waals surface area contributed by atoms with E-state index in [1.807, 2.05) is 0 Å². The minimum atomic E-state index is 0.171. The van der Waals surface area contributed by atoms with Crippen molar-refractivity contribution in [3.05, 3.63) is 0 Å². The molecular formula is C18H36N2O. The van der Waals surface area contributed by atoms with Crippen molar-refractivity contribution in [1.82, 2.24) is 4.90 Å². The van der Waals surface area contributed by atoms with E-state index in [1.165, 1.54) is 38.5 Å². The second-order valence-corrected chi connectivity index (χ2v) is 8.17. The lowest BCUT2D eigenvalue weighted by Gasteiger charge is -2.51. The van der Waals surface area contributed by atoms with Gasteiger partial charge >= 0.3 is 0 Å². The van der Waals surface area contributed by atoms with Gasteiger partial charge in [0.2, 0.25) is 0 Å². The van der Waals surface area contributed by atoms with Gasteiger partial charge in [-0.15, -0.1) is 0 Å². The lowest BCUT2D eigenvalue weighted by Crippen LogP contribution is -2.60. The van der Waals surface area contributed by atoms with Gasteiger partial charge in [-0.1, -0.05) is 27.2 Å². The smallest absolute Gasteiger partial charge is 0.0593 e. The van der Waals surface area contributed by atoms with Crippen LogP contribution in [0.4, 0.5) is 0 Å². The van der Waals surface area contributed by atoms with E-state index >= 15 is 0 Å². The van der Waals surface area contributed by atoms with Gasteiger partial charge in [-0.05, 0) is 57.4 Å². The first-order chi connectivity index (χ1) is 9.92. The number of hydrogen-bond acceptors (Lipinski definition) is 3. The molecule has 21 heavy (non-hydrogen) atoms. The fourth-order valence-electron chi connectivity index (χ4n) is 4.32. The first-order valence-corrected chi connectivity index (χ1v) is 8.97. The molecule has 2 fully saturated rings. The van der Waals surface area contributed by atoms with Crippen LogP contribution in [0.15, 0.2) is 0 Å². The average Bonchev–Trinajstić information content (AvgIpc) is 2.47. The molecule has 2 atom stereocenters. The van der Waals surface area contributed by atoms with Gasteiger partial charge in [0.15, 0.2) is 0 Å². The van der Waals surface area contributed by atoms with Gasteiger partial charge in [-0.25, -0.2) is 0 Å². The monoisotopic (exact) mass is 296 g/mol. The summed E-state index contributed by atoms with van der Waals surface area (Å²) < 4.78 is 5.96. The van der Waals surface area contributed by atoms with Crippen LogP contribution in [0.3, 0.4) is 0 Å². The molecule has 0 spiro atoms. The molecule has 124 valence electrons. The molecule has 2 rings (SSSR count). The lowest BCUT2D eigenvalue weighted by molar-refractivity contribution is -0.0841. The van der Waals surface area contributed by atoms with Crippen LogP contribution in [0, 0.1) is 5.41 Å². The number of nitrogens with zero attached hydrogens (tertiary/aromatic N) is 1. The normalized spacial score (nSPS) is 34.3. The lowest BCUT2D eigenvalue weighted by atomic mass is 9.73. The molecule has 1 aliphatic carbocycles. The summed E-state index contributed by atoms with van der Waals surface area (Å²) >= 11 is 0. The fraction of sp³-hybridized carbons (Fsp3) is 1.00. The summed E-state index contributed by atoms with van der Waals surface area (Å²) in [5, 5.41) is 0. The molecule has 0 aromatic heterocycles. The molecule has 1 saturated carbocycles. The number of likely N-dealkylation sites (N-methyl/N-ethyl adjacent to an activating group) is 1.